The van der Waals surface area contributed by atoms with Gasteiger partial charge in [-0.3, -0.25) is 4.79 Å². The minimum atomic E-state index is -1.01. The lowest BCUT2D eigenvalue weighted by molar-refractivity contribution is -0.153. The van der Waals surface area contributed by atoms with Crippen LogP contribution in [0.15, 0.2) is 11.6 Å². The predicted octanol–water partition coefficient (Wildman–Crippen LogP) is 2.34. The highest BCUT2D eigenvalue weighted by atomic mass is 16.5. The Balaban J connectivity index is 2.11. The van der Waals surface area contributed by atoms with Gasteiger partial charge in [-0.25, -0.2) is 4.79 Å². The van der Waals surface area contributed by atoms with Crippen LogP contribution in [-0.2, 0) is 23.8 Å². The van der Waals surface area contributed by atoms with Crippen LogP contribution in [0.25, 0.3) is 0 Å². The molecule has 1 rings (SSSR count). The molecule has 1 aliphatic heterocycles. The zero-order chi connectivity index (χ0) is 20.9. The van der Waals surface area contributed by atoms with Crippen LogP contribution in [0.5, 0.6) is 0 Å². The maximum absolute atomic E-state index is 11.9. The van der Waals surface area contributed by atoms with Gasteiger partial charge in [0.05, 0.1) is 32.5 Å². The minimum Gasteiger partial charge on any atom is -0.469 e. The fourth-order valence-corrected chi connectivity index (χ4v) is 3.10. The molecular weight excluding hydrogens is 364 g/mol. The first-order chi connectivity index (χ1) is 13.3. The van der Waals surface area contributed by atoms with Gasteiger partial charge >= 0.3 is 11.9 Å². The number of unbranched alkanes of at least 4 members (excludes halogenated alkanes) is 5. The topological polar surface area (TPSA) is 102 Å². The Kier molecular flexibility index (Phi) is 12.0. The van der Waals surface area contributed by atoms with Crippen LogP contribution in [0.3, 0.4) is 0 Å². The van der Waals surface area contributed by atoms with Crippen molar-refractivity contribution in [3.05, 3.63) is 18.6 Å². The Morgan fingerprint density at radius 1 is 1.11 bits per heavy atom. The predicted molar refractivity (Wildman–Crippen MR) is 104 cm³/mol. The van der Waals surface area contributed by atoms with Crippen molar-refractivity contribution in [3.8, 4) is 0 Å². The second kappa shape index (κ2) is 13.7. The van der Waals surface area contributed by atoms with E-state index in [9.17, 15) is 19.8 Å². The van der Waals surface area contributed by atoms with E-state index in [4.69, 9.17) is 9.47 Å². The molecule has 0 amide bonds. The third-order valence-electron chi connectivity index (χ3n) is 4.87. The summed E-state index contributed by atoms with van der Waals surface area (Å²) in [5.41, 5.74) is 0.731. The molecule has 0 aromatic heterocycles. The van der Waals surface area contributed by atoms with Gasteiger partial charge in [-0.05, 0) is 33.1 Å². The van der Waals surface area contributed by atoms with Crippen LogP contribution in [0, 0.1) is 12.8 Å². The van der Waals surface area contributed by atoms with Crippen LogP contribution in [0.2, 0.25) is 0 Å². The fourth-order valence-electron chi connectivity index (χ4n) is 3.10. The summed E-state index contributed by atoms with van der Waals surface area (Å²) in [5.74, 6) is -0.924. The van der Waals surface area contributed by atoms with Gasteiger partial charge in [0, 0.05) is 18.4 Å². The molecule has 0 aromatic rings. The highest BCUT2D eigenvalue weighted by Gasteiger charge is 2.36. The summed E-state index contributed by atoms with van der Waals surface area (Å²) in [7, 11) is 1.40. The lowest BCUT2D eigenvalue weighted by Gasteiger charge is -2.36. The quantitative estimate of drug-likeness (QED) is 0.295. The number of hydrogen-bond donors (Lipinski definition) is 2. The molecule has 161 valence electrons. The van der Waals surface area contributed by atoms with Crippen LogP contribution < -0.4 is 0 Å². The SMILES string of the molecule is [CH2][C@@H]1CO[C@@H](C/C(C)=C/C(=O)OCCCCCCCCC(=O)OC)[C@H](O)[C@@H]1O. The van der Waals surface area contributed by atoms with E-state index in [0.29, 0.717) is 19.4 Å². The summed E-state index contributed by atoms with van der Waals surface area (Å²) in [6.07, 6.45) is 5.46. The maximum Gasteiger partial charge on any atom is 0.330 e. The number of carbonyl (C=O) groups is 2. The van der Waals surface area contributed by atoms with Crippen molar-refractivity contribution >= 4 is 11.9 Å². The summed E-state index contributed by atoms with van der Waals surface area (Å²) in [6.45, 7) is 6.15. The van der Waals surface area contributed by atoms with Crippen LogP contribution in [0.4, 0.5) is 0 Å². The molecule has 2 N–H and O–H groups in total. The van der Waals surface area contributed by atoms with E-state index in [1.54, 1.807) is 6.92 Å². The molecule has 0 saturated carbocycles. The Bertz CT molecular complexity index is 503. The highest BCUT2D eigenvalue weighted by Crippen LogP contribution is 2.24. The lowest BCUT2D eigenvalue weighted by Crippen LogP contribution is -2.49. The second-order valence-corrected chi connectivity index (χ2v) is 7.42. The zero-order valence-electron chi connectivity index (χ0n) is 17.1. The van der Waals surface area contributed by atoms with E-state index in [2.05, 4.69) is 11.7 Å². The smallest absolute Gasteiger partial charge is 0.330 e. The number of methoxy groups -OCH3 is 1. The van der Waals surface area contributed by atoms with Crippen LogP contribution >= 0.6 is 0 Å². The lowest BCUT2D eigenvalue weighted by atomic mass is 9.91. The number of esters is 2. The summed E-state index contributed by atoms with van der Waals surface area (Å²) < 4.78 is 15.3. The molecule has 1 saturated heterocycles. The Morgan fingerprint density at radius 3 is 2.43 bits per heavy atom. The van der Waals surface area contributed by atoms with Crippen molar-refractivity contribution < 1.29 is 34.0 Å². The number of hydrogen-bond acceptors (Lipinski definition) is 7. The van der Waals surface area contributed by atoms with Crippen molar-refractivity contribution in [1.29, 1.82) is 0 Å². The number of aliphatic hydroxyl groups excluding tert-OH is 2. The first kappa shape index (κ1) is 24.6. The van der Waals surface area contributed by atoms with Gasteiger partial charge in [0.25, 0.3) is 0 Å². The summed E-state index contributed by atoms with van der Waals surface area (Å²) in [4.78, 5) is 22.8. The summed E-state index contributed by atoms with van der Waals surface area (Å²) in [6, 6.07) is 0. The molecule has 0 bridgehead atoms. The van der Waals surface area contributed by atoms with Gasteiger partial charge in [0.15, 0.2) is 0 Å². The standard InChI is InChI=1S/C21H35O7/c1-15(12-17-21(25)20(24)16(2)14-28-17)13-19(23)27-11-9-7-5-4-6-8-10-18(22)26-3/h13,16-17,20-21,24-25H,2,4-12,14H2,1,3H3/b15-13+/t16-,17+,20-,21+/m1/s1. The van der Waals surface area contributed by atoms with Crippen molar-refractivity contribution in [2.75, 3.05) is 20.3 Å². The fraction of sp³-hybridized carbons (Fsp3) is 0.762. The van der Waals surface area contributed by atoms with E-state index in [-0.39, 0.29) is 18.5 Å². The van der Waals surface area contributed by atoms with Gasteiger partial charge < -0.3 is 24.4 Å². The first-order valence-corrected chi connectivity index (χ1v) is 10.1. The van der Waals surface area contributed by atoms with Gasteiger partial charge in [-0.2, -0.15) is 0 Å². The van der Waals surface area contributed by atoms with Crippen molar-refractivity contribution in [1.82, 2.24) is 0 Å². The molecule has 1 aliphatic rings. The number of aliphatic hydroxyl groups is 2. The zero-order valence-corrected chi connectivity index (χ0v) is 17.1. The van der Waals surface area contributed by atoms with Crippen LogP contribution in [-0.4, -0.2) is 60.8 Å². The van der Waals surface area contributed by atoms with Crippen molar-refractivity contribution in [3.63, 3.8) is 0 Å². The normalized spacial score (nSPS) is 25.4. The third kappa shape index (κ3) is 9.66. The molecule has 1 radical (unpaired) electrons. The average Bonchev–Trinajstić information content (AvgIpc) is 2.66. The molecule has 0 aromatic carbocycles. The van der Waals surface area contributed by atoms with Gasteiger partial charge in [-0.15, -0.1) is 0 Å². The molecule has 1 fully saturated rings. The molecular formula is C21H35O7. The summed E-state index contributed by atoms with van der Waals surface area (Å²) >= 11 is 0. The third-order valence-corrected chi connectivity index (χ3v) is 4.87. The molecule has 0 unspecified atom stereocenters. The molecule has 28 heavy (non-hydrogen) atoms. The first-order valence-electron chi connectivity index (χ1n) is 10.1. The van der Waals surface area contributed by atoms with Crippen molar-refractivity contribution in [2.45, 2.75) is 76.6 Å². The Morgan fingerprint density at radius 2 is 1.75 bits per heavy atom. The van der Waals surface area contributed by atoms with E-state index in [1.807, 2.05) is 0 Å². The molecule has 0 aliphatic carbocycles. The van der Waals surface area contributed by atoms with Gasteiger partial charge in [0.1, 0.15) is 6.10 Å². The Hall–Kier alpha value is -1.44. The van der Waals surface area contributed by atoms with E-state index < -0.39 is 24.3 Å². The van der Waals surface area contributed by atoms with E-state index in [0.717, 1.165) is 44.1 Å². The average molecular weight is 400 g/mol. The molecule has 7 heteroatoms. The number of ether oxygens (including phenoxy) is 3. The summed E-state index contributed by atoms with van der Waals surface area (Å²) in [5, 5.41) is 19.9. The largest absolute Gasteiger partial charge is 0.469 e. The van der Waals surface area contributed by atoms with Crippen LogP contribution in [0.1, 0.15) is 58.3 Å². The minimum absolute atomic E-state index is 0.164. The molecule has 0 spiro atoms. The van der Waals surface area contributed by atoms with E-state index >= 15 is 0 Å². The van der Waals surface area contributed by atoms with E-state index in [1.165, 1.54) is 13.2 Å². The highest BCUT2D eigenvalue weighted by molar-refractivity contribution is 5.82. The van der Waals surface area contributed by atoms with Crippen molar-refractivity contribution in [2.24, 2.45) is 5.92 Å². The van der Waals surface area contributed by atoms with Gasteiger partial charge in [-0.1, -0.05) is 31.3 Å². The monoisotopic (exact) mass is 399 g/mol. The Labute approximate surface area is 168 Å². The number of rotatable bonds is 12. The second-order valence-electron chi connectivity index (χ2n) is 7.42. The molecule has 7 nitrogen and oxygen atoms in total. The molecule has 4 atom stereocenters. The molecule has 1 heterocycles. The maximum atomic E-state index is 11.9. The number of carbonyl (C=O) groups excluding carboxylic acids is 2. The van der Waals surface area contributed by atoms with Gasteiger partial charge in [0.2, 0.25) is 0 Å².